The molecule has 4 nitrogen and oxygen atoms in total. The van der Waals surface area contributed by atoms with Crippen molar-refractivity contribution in [3.63, 3.8) is 0 Å². The van der Waals surface area contributed by atoms with E-state index in [4.69, 9.17) is 5.11 Å². The van der Waals surface area contributed by atoms with Gasteiger partial charge in [-0.2, -0.15) is 0 Å². The Bertz CT molecular complexity index is 156. The van der Waals surface area contributed by atoms with Gasteiger partial charge in [0.1, 0.15) is 0 Å². The minimum absolute atomic E-state index is 0.334. The van der Waals surface area contributed by atoms with Crippen LogP contribution in [0.15, 0.2) is 0 Å². The standard InChI is InChI=1S/C10H20N2O2/c13-8-10-2-6-12(7-3-10)5-1-4-11-9-14/h9-10,13H,1-8H2,(H,11,14). The van der Waals surface area contributed by atoms with Crippen LogP contribution in [0, 0.1) is 5.92 Å². The largest absolute Gasteiger partial charge is 0.396 e. The van der Waals surface area contributed by atoms with Crippen LogP contribution < -0.4 is 5.32 Å². The third-order valence-electron chi connectivity index (χ3n) is 2.84. The van der Waals surface area contributed by atoms with Gasteiger partial charge in [0.2, 0.25) is 6.41 Å². The average molecular weight is 200 g/mol. The summed E-state index contributed by atoms with van der Waals surface area (Å²) in [6.45, 7) is 4.33. The number of aliphatic hydroxyl groups is 1. The van der Waals surface area contributed by atoms with Gasteiger partial charge in [0, 0.05) is 13.2 Å². The molecule has 0 spiro atoms. The van der Waals surface area contributed by atoms with Gasteiger partial charge in [0.05, 0.1) is 0 Å². The summed E-state index contributed by atoms with van der Waals surface area (Å²) in [7, 11) is 0. The summed E-state index contributed by atoms with van der Waals surface area (Å²) in [5.74, 6) is 0.513. The number of hydrogen-bond acceptors (Lipinski definition) is 3. The number of piperidine rings is 1. The molecule has 4 heteroatoms. The summed E-state index contributed by atoms with van der Waals surface area (Å²) in [5, 5.41) is 11.6. The molecule has 82 valence electrons. The lowest BCUT2D eigenvalue weighted by molar-refractivity contribution is -0.109. The maximum absolute atomic E-state index is 9.99. The van der Waals surface area contributed by atoms with E-state index < -0.39 is 0 Å². The number of likely N-dealkylation sites (tertiary alicyclic amines) is 1. The van der Waals surface area contributed by atoms with E-state index in [1.165, 1.54) is 0 Å². The molecule has 0 aromatic rings. The van der Waals surface area contributed by atoms with Gasteiger partial charge in [-0.1, -0.05) is 0 Å². The van der Waals surface area contributed by atoms with Crippen molar-refractivity contribution in [2.24, 2.45) is 5.92 Å². The van der Waals surface area contributed by atoms with Gasteiger partial charge < -0.3 is 15.3 Å². The summed E-state index contributed by atoms with van der Waals surface area (Å²) >= 11 is 0. The summed E-state index contributed by atoms with van der Waals surface area (Å²) in [4.78, 5) is 12.4. The fourth-order valence-electron chi connectivity index (χ4n) is 1.86. The number of aliphatic hydroxyl groups excluding tert-OH is 1. The zero-order valence-electron chi connectivity index (χ0n) is 8.61. The highest BCUT2D eigenvalue weighted by Crippen LogP contribution is 2.15. The Kier molecular flexibility index (Phi) is 5.56. The van der Waals surface area contributed by atoms with Crippen molar-refractivity contribution in [2.45, 2.75) is 19.3 Å². The first kappa shape index (κ1) is 11.5. The van der Waals surface area contributed by atoms with Gasteiger partial charge in [0.15, 0.2) is 0 Å². The van der Waals surface area contributed by atoms with Crippen molar-refractivity contribution >= 4 is 6.41 Å². The van der Waals surface area contributed by atoms with E-state index in [1.807, 2.05) is 0 Å². The van der Waals surface area contributed by atoms with Gasteiger partial charge in [-0.15, -0.1) is 0 Å². The van der Waals surface area contributed by atoms with Crippen molar-refractivity contribution in [1.82, 2.24) is 10.2 Å². The normalized spacial score (nSPS) is 19.5. The zero-order valence-corrected chi connectivity index (χ0v) is 8.61. The lowest BCUT2D eigenvalue weighted by Gasteiger charge is -2.30. The van der Waals surface area contributed by atoms with Crippen LogP contribution in [-0.2, 0) is 4.79 Å². The molecule has 0 aromatic carbocycles. The number of carbonyl (C=O) groups is 1. The van der Waals surface area contributed by atoms with Gasteiger partial charge in [-0.3, -0.25) is 4.79 Å². The predicted octanol–water partition coefficient (Wildman–Crippen LogP) is -0.173. The zero-order chi connectivity index (χ0) is 10.2. The lowest BCUT2D eigenvalue weighted by atomic mass is 9.98. The smallest absolute Gasteiger partial charge is 0.207 e. The summed E-state index contributed by atoms with van der Waals surface area (Å²) in [5.41, 5.74) is 0. The Morgan fingerprint density at radius 3 is 2.71 bits per heavy atom. The second kappa shape index (κ2) is 6.79. The number of nitrogens with one attached hydrogen (secondary N) is 1. The molecule has 2 N–H and O–H groups in total. The van der Waals surface area contributed by atoms with Crippen molar-refractivity contribution in [1.29, 1.82) is 0 Å². The van der Waals surface area contributed by atoms with E-state index >= 15 is 0 Å². The van der Waals surface area contributed by atoms with Crippen LogP contribution >= 0.6 is 0 Å². The first-order valence-corrected chi connectivity index (χ1v) is 5.37. The molecule has 14 heavy (non-hydrogen) atoms. The fraction of sp³-hybridized carbons (Fsp3) is 0.900. The summed E-state index contributed by atoms with van der Waals surface area (Å²) in [6.07, 6.45) is 3.98. The summed E-state index contributed by atoms with van der Waals surface area (Å²) in [6, 6.07) is 0. The monoisotopic (exact) mass is 200 g/mol. The van der Waals surface area contributed by atoms with E-state index in [9.17, 15) is 4.79 Å². The number of amides is 1. The summed E-state index contributed by atoms with van der Waals surface area (Å²) < 4.78 is 0. The van der Waals surface area contributed by atoms with Crippen LogP contribution in [0.4, 0.5) is 0 Å². The topological polar surface area (TPSA) is 52.6 Å². The Hall–Kier alpha value is -0.610. The van der Waals surface area contributed by atoms with E-state index in [0.717, 1.165) is 51.9 Å². The molecule has 0 aliphatic carbocycles. The first-order chi connectivity index (χ1) is 6.86. The first-order valence-electron chi connectivity index (χ1n) is 5.37. The maximum atomic E-state index is 9.99. The van der Waals surface area contributed by atoms with Crippen LogP contribution in [0.3, 0.4) is 0 Å². The molecular weight excluding hydrogens is 180 g/mol. The Morgan fingerprint density at radius 1 is 1.43 bits per heavy atom. The van der Waals surface area contributed by atoms with Crippen molar-refractivity contribution in [2.75, 3.05) is 32.8 Å². The molecule has 0 saturated carbocycles. The number of rotatable bonds is 6. The molecule has 1 aliphatic heterocycles. The third-order valence-corrected chi connectivity index (χ3v) is 2.84. The molecule has 1 heterocycles. The minimum atomic E-state index is 0.334. The van der Waals surface area contributed by atoms with Crippen LogP contribution in [0.2, 0.25) is 0 Å². The number of nitrogens with zero attached hydrogens (tertiary/aromatic N) is 1. The minimum Gasteiger partial charge on any atom is -0.396 e. The quantitative estimate of drug-likeness (QED) is 0.462. The van der Waals surface area contributed by atoms with Gasteiger partial charge in [-0.25, -0.2) is 0 Å². The highest BCUT2D eigenvalue weighted by atomic mass is 16.3. The molecular formula is C10H20N2O2. The van der Waals surface area contributed by atoms with Gasteiger partial charge >= 0.3 is 0 Å². The van der Waals surface area contributed by atoms with Gasteiger partial charge in [-0.05, 0) is 44.8 Å². The van der Waals surface area contributed by atoms with Crippen LogP contribution in [0.5, 0.6) is 0 Å². The molecule has 1 fully saturated rings. The molecule has 0 bridgehead atoms. The maximum Gasteiger partial charge on any atom is 0.207 e. The lowest BCUT2D eigenvalue weighted by Crippen LogP contribution is -2.36. The van der Waals surface area contributed by atoms with E-state index in [-0.39, 0.29) is 0 Å². The highest BCUT2D eigenvalue weighted by molar-refractivity contribution is 5.45. The molecule has 0 radical (unpaired) electrons. The van der Waals surface area contributed by atoms with E-state index in [0.29, 0.717) is 12.5 Å². The molecule has 1 aliphatic rings. The number of hydrogen-bond donors (Lipinski definition) is 2. The van der Waals surface area contributed by atoms with Crippen molar-refractivity contribution in [3.05, 3.63) is 0 Å². The molecule has 0 aromatic heterocycles. The molecule has 0 atom stereocenters. The molecule has 1 amide bonds. The van der Waals surface area contributed by atoms with Gasteiger partial charge in [0.25, 0.3) is 0 Å². The van der Waals surface area contributed by atoms with E-state index in [1.54, 1.807) is 0 Å². The fourth-order valence-corrected chi connectivity index (χ4v) is 1.86. The van der Waals surface area contributed by atoms with Crippen LogP contribution in [0.25, 0.3) is 0 Å². The van der Waals surface area contributed by atoms with Crippen LogP contribution in [-0.4, -0.2) is 49.2 Å². The van der Waals surface area contributed by atoms with Crippen LogP contribution in [0.1, 0.15) is 19.3 Å². The highest BCUT2D eigenvalue weighted by Gasteiger charge is 2.17. The Balaban J connectivity index is 2.01. The predicted molar refractivity (Wildman–Crippen MR) is 54.9 cm³/mol. The molecule has 1 saturated heterocycles. The second-order valence-corrected chi connectivity index (χ2v) is 3.89. The average Bonchev–Trinajstić information content (AvgIpc) is 2.25. The van der Waals surface area contributed by atoms with Crippen molar-refractivity contribution < 1.29 is 9.90 Å². The Labute approximate surface area is 85.3 Å². The molecule has 0 unspecified atom stereocenters. The van der Waals surface area contributed by atoms with Crippen molar-refractivity contribution in [3.8, 4) is 0 Å². The molecule has 1 rings (SSSR count). The second-order valence-electron chi connectivity index (χ2n) is 3.89. The third kappa shape index (κ3) is 4.07. The Morgan fingerprint density at radius 2 is 2.14 bits per heavy atom. The number of carbonyl (C=O) groups excluding carboxylic acids is 1. The SMILES string of the molecule is O=CNCCCN1CCC(CO)CC1. The van der Waals surface area contributed by atoms with E-state index in [2.05, 4.69) is 10.2 Å².